The fourth-order valence-electron chi connectivity index (χ4n) is 2.09. The number of amides is 1. The van der Waals surface area contributed by atoms with Crippen molar-refractivity contribution in [1.82, 2.24) is 5.32 Å². The Kier molecular flexibility index (Phi) is 3.24. The van der Waals surface area contributed by atoms with Crippen LogP contribution in [0.4, 0.5) is 0 Å². The number of nitrogens with zero attached hydrogens (tertiary/aromatic N) is 2. The van der Waals surface area contributed by atoms with E-state index in [1.165, 1.54) is 0 Å². The monoisotopic (exact) mass is 245 g/mol. The van der Waals surface area contributed by atoms with Gasteiger partial charge in [-0.25, -0.2) is 0 Å². The third-order valence-electron chi connectivity index (χ3n) is 3.04. The zero-order valence-corrected chi connectivity index (χ0v) is 9.50. The Labute approximate surface area is 103 Å². The summed E-state index contributed by atoms with van der Waals surface area (Å²) < 4.78 is 0. The molecule has 1 aliphatic rings. The molecule has 92 valence electrons. The standard InChI is InChI=1S/C12H11N3O3/c13-7-8-1-3-9(4-2-8)12-10(15(17)18)5-6-11(16)14-12/h1-4,10,12H,5-6H2,(H,14,16). The van der Waals surface area contributed by atoms with Crippen LogP contribution in [0.25, 0.3) is 0 Å². The van der Waals surface area contributed by atoms with Crippen molar-refractivity contribution < 1.29 is 9.72 Å². The van der Waals surface area contributed by atoms with Gasteiger partial charge in [-0.2, -0.15) is 5.26 Å². The van der Waals surface area contributed by atoms with Crippen LogP contribution in [0.5, 0.6) is 0 Å². The van der Waals surface area contributed by atoms with Gasteiger partial charge >= 0.3 is 0 Å². The van der Waals surface area contributed by atoms with Crippen molar-refractivity contribution in [2.24, 2.45) is 0 Å². The van der Waals surface area contributed by atoms with Crippen LogP contribution < -0.4 is 5.32 Å². The number of carbonyl (C=O) groups excluding carboxylic acids is 1. The van der Waals surface area contributed by atoms with Gasteiger partial charge in [-0.15, -0.1) is 0 Å². The summed E-state index contributed by atoms with van der Waals surface area (Å²) in [6.45, 7) is 0. The normalized spacial score (nSPS) is 22.9. The van der Waals surface area contributed by atoms with Gasteiger partial charge in [-0.05, 0) is 17.7 Å². The van der Waals surface area contributed by atoms with Gasteiger partial charge in [-0.1, -0.05) is 12.1 Å². The molecule has 0 spiro atoms. The Morgan fingerprint density at radius 2 is 2.06 bits per heavy atom. The second-order valence-electron chi connectivity index (χ2n) is 4.17. The third-order valence-corrected chi connectivity index (χ3v) is 3.04. The molecule has 6 heteroatoms. The second-order valence-corrected chi connectivity index (χ2v) is 4.17. The van der Waals surface area contributed by atoms with Gasteiger partial charge in [0.1, 0.15) is 6.04 Å². The molecule has 1 aromatic carbocycles. The van der Waals surface area contributed by atoms with Crippen LogP contribution in [0.2, 0.25) is 0 Å². The molecule has 0 bridgehead atoms. The third kappa shape index (κ3) is 2.30. The molecule has 1 N–H and O–H groups in total. The molecule has 1 aromatic rings. The minimum Gasteiger partial charge on any atom is -0.343 e. The van der Waals surface area contributed by atoms with Crippen molar-refractivity contribution in [3.8, 4) is 6.07 Å². The zero-order chi connectivity index (χ0) is 13.1. The molecular weight excluding hydrogens is 234 g/mol. The van der Waals surface area contributed by atoms with Crippen molar-refractivity contribution in [2.75, 3.05) is 0 Å². The van der Waals surface area contributed by atoms with Crippen LogP contribution in [0.15, 0.2) is 24.3 Å². The van der Waals surface area contributed by atoms with Crippen molar-refractivity contribution in [2.45, 2.75) is 24.9 Å². The quantitative estimate of drug-likeness (QED) is 0.624. The number of nitrogens with one attached hydrogen (secondary N) is 1. The summed E-state index contributed by atoms with van der Waals surface area (Å²) in [6.07, 6.45) is 0.419. The highest BCUT2D eigenvalue weighted by molar-refractivity contribution is 5.77. The molecule has 0 radical (unpaired) electrons. The van der Waals surface area contributed by atoms with Crippen LogP contribution in [0.3, 0.4) is 0 Å². The largest absolute Gasteiger partial charge is 0.343 e. The Balaban J connectivity index is 2.29. The van der Waals surface area contributed by atoms with Gasteiger partial charge in [0.15, 0.2) is 0 Å². The first-order valence-electron chi connectivity index (χ1n) is 5.54. The molecule has 0 saturated carbocycles. The molecular formula is C12H11N3O3. The molecule has 1 heterocycles. The van der Waals surface area contributed by atoms with E-state index in [1.807, 2.05) is 6.07 Å². The van der Waals surface area contributed by atoms with Crippen molar-refractivity contribution in [3.05, 3.63) is 45.5 Å². The van der Waals surface area contributed by atoms with Crippen LogP contribution in [0.1, 0.15) is 30.0 Å². The van der Waals surface area contributed by atoms with E-state index in [-0.39, 0.29) is 23.7 Å². The van der Waals surface area contributed by atoms with Crippen molar-refractivity contribution in [3.63, 3.8) is 0 Å². The van der Waals surface area contributed by atoms with Gasteiger partial charge < -0.3 is 5.32 Å². The molecule has 1 aliphatic heterocycles. The summed E-state index contributed by atoms with van der Waals surface area (Å²) in [6, 6.07) is 7.02. The SMILES string of the molecule is N#Cc1ccc(C2NC(=O)CCC2[N+](=O)[O-])cc1. The lowest BCUT2D eigenvalue weighted by Gasteiger charge is -2.26. The van der Waals surface area contributed by atoms with Crippen molar-refractivity contribution >= 4 is 5.91 Å². The van der Waals surface area contributed by atoms with E-state index in [2.05, 4.69) is 5.32 Å². The van der Waals surface area contributed by atoms with E-state index in [0.717, 1.165) is 0 Å². The second kappa shape index (κ2) is 4.84. The van der Waals surface area contributed by atoms with Gasteiger partial charge in [0.25, 0.3) is 0 Å². The van der Waals surface area contributed by atoms with Gasteiger partial charge in [0.2, 0.25) is 11.9 Å². The lowest BCUT2D eigenvalue weighted by molar-refractivity contribution is -0.529. The molecule has 0 aromatic heterocycles. The van der Waals surface area contributed by atoms with Crippen LogP contribution in [-0.2, 0) is 4.79 Å². The minimum atomic E-state index is -0.810. The lowest BCUT2D eigenvalue weighted by atomic mass is 9.92. The van der Waals surface area contributed by atoms with E-state index in [1.54, 1.807) is 24.3 Å². The Morgan fingerprint density at radius 1 is 1.39 bits per heavy atom. The molecule has 2 atom stereocenters. The summed E-state index contributed by atoms with van der Waals surface area (Å²) in [5.41, 5.74) is 1.14. The number of carbonyl (C=O) groups is 1. The highest BCUT2D eigenvalue weighted by Gasteiger charge is 2.37. The van der Waals surface area contributed by atoms with E-state index in [4.69, 9.17) is 5.26 Å². The van der Waals surface area contributed by atoms with Crippen molar-refractivity contribution in [1.29, 1.82) is 5.26 Å². The Bertz CT molecular complexity index is 518. The number of benzene rings is 1. The first-order chi connectivity index (χ1) is 8.61. The maximum absolute atomic E-state index is 11.4. The molecule has 2 unspecified atom stereocenters. The number of nitriles is 1. The highest BCUT2D eigenvalue weighted by Crippen LogP contribution is 2.26. The van der Waals surface area contributed by atoms with E-state index in [9.17, 15) is 14.9 Å². The summed E-state index contributed by atoms with van der Waals surface area (Å²) in [5.74, 6) is -0.178. The Morgan fingerprint density at radius 3 is 2.61 bits per heavy atom. The van der Waals surface area contributed by atoms with Crippen LogP contribution in [-0.4, -0.2) is 16.9 Å². The summed E-state index contributed by atoms with van der Waals surface area (Å²) >= 11 is 0. The Hall–Kier alpha value is -2.42. The molecule has 6 nitrogen and oxygen atoms in total. The average Bonchev–Trinajstić information content (AvgIpc) is 2.38. The summed E-state index contributed by atoms with van der Waals surface area (Å²) in [5, 5.41) is 22.3. The number of nitro groups is 1. The minimum absolute atomic E-state index is 0.178. The smallest absolute Gasteiger partial charge is 0.237 e. The molecule has 2 rings (SSSR count). The first kappa shape index (κ1) is 12.0. The predicted octanol–water partition coefficient (Wildman–Crippen LogP) is 1.15. The first-order valence-corrected chi connectivity index (χ1v) is 5.54. The molecule has 1 fully saturated rings. The fourth-order valence-corrected chi connectivity index (χ4v) is 2.09. The van der Waals surface area contributed by atoms with E-state index >= 15 is 0 Å². The van der Waals surface area contributed by atoms with Crippen LogP contribution >= 0.6 is 0 Å². The highest BCUT2D eigenvalue weighted by atomic mass is 16.6. The molecule has 0 aliphatic carbocycles. The fraction of sp³-hybridized carbons (Fsp3) is 0.333. The maximum Gasteiger partial charge on any atom is 0.237 e. The lowest BCUT2D eigenvalue weighted by Crippen LogP contribution is -2.45. The number of rotatable bonds is 2. The van der Waals surface area contributed by atoms with Gasteiger partial charge in [0.05, 0.1) is 11.6 Å². The summed E-state index contributed by atoms with van der Waals surface area (Å²) in [4.78, 5) is 22.0. The maximum atomic E-state index is 11.4. The molecule has 1 saturated heterocycles. The van der Waals surface area contributed by atoms with E-state index in [0.29, 0.717) is 11.1 Å². The number of piperidine rings is 1. The zero-order valence-electron chi connectivity index (χ0n) is 9.50. The molecule has 18 heavy (non-hydrogen) atoms. The molecule has 1 amide bonds. The predicted molar refractivity (Wildman–Crippen MR) is 62.1 cm³/mol. The van der Waals surface area contributed by atoms with E-state index < -0.39 is 12.1 Å². The average molecular weight is 245 g/mol. The van der Waals surface area contributed by atoms with Gasteiger partial charge in [-0.3, -0.25) is 14.9 Å². The summed E-state index contributed by atoms with van der Waals surface area (Å²) in [7, 11) is 0. The number of hydrogen-bond donors (Lipinski definition) is 1. The topological polar surface area (TPSA) is 96.0 Å². The van der Waals surface area contributed by atoms with Gasteiger partial charge in [0, 0.05) is 17.8 Å². The van der Waals surface area contributed by atoms with Crippen LogP contribution in [0, 0.1) is 21.4 Å². The number of hydrogen-bond acceptors (Lipinski definition) is 4.